The van der Waals surface area contributed by atoms with E-state index in [-0.39, 0.29) is 13.0 Å². The average molecular weight is 288 g/mol. The van der Waals surface area contributed by atoms with Crippen molar-refractivity contribution in [2.45, 2.75) is 12.8 Å². The Labute approximate surface area is 114 Å². The molecule has 8 heteroatoms. The molecule has 0 unspecified atom stereocenters. The summed E-state index contributed by atoms with van der Waals surface area (Å²) in [6.45, 7) is 0.149. The number of rotatable bonds is 6. The third-order valence-electron chi connectivity index (χ3n) is 2.73. The first-order valence-corrected chi connectivity index (χ1v) is 5.78. The Balaban J connectivity index is 2.91. The van der Waals surface area contributed by atoms with Gasteiger partial charge in [-0.3, -0.25) is 14.9 Å². The number of anilines is 1. The normalized spacial score (nSPS) is 10.2. The molecule has 20 heavy (non-hydrogen) atoms. The Kier molecular flexibility index (Phi) is 5.36. The van der Waals surface area contributed by atoms with E-state index in [0.717, 1.165) is 6.07 Å². The highest BCUT2D eigenvalue weighted by Gasteiger charge is 2.24. The van der Waals surface area contributed by atoms with Crippen molar-refractivity contribution in [1.82, 2.24) is 0 Å². The molecule has 0 radical (unpaired) electrons. The topological polar surface area (TPSA) is 72.7 Å². The minimum absolute atomic E-state index is 0.0889. The smallest absolute Gasteiger partial charge is 0.305 e. The van der Waals surface area contributed by atoms with Gasteiger partial charge in [0.15, 0.2) is 17.3 Å². The molecular formula is C12H14F2N2O4. The van der Waals surface area contributed by atoms with Gasteiger partial charge in [0.1, 0.15) is 0 Å². The number of nitro groups is 1. The molecule has 0 bridgehead atoms. The molecule has 0 aliphatic rings. The molecule has 1 aromatic carbocycles. The van der Waals surface area contributed by atoms with Crippen LogP contribution in [0.2, 0.25) is 0 Å². The number of esters is 1. The standard InChI is InChI=1S/C12H14F2N2O4/c1-15(7-3-4-10(17)20-2)12-9(16(18)19)6-5-8(13)11(12)14/h5-6H,3-4,7H2,1-2H3. The highest BCUT2D eigenvalue weighted by molar-refractivity contribution is 5.69. The minimum atomic E-state index is -1.28. The Hall–Kier alpha value is -2.25. The second-order valence-corrected chi connectivity index (χ2v) is 4.09. The summed E-state index contributed by atoms with van der Waals surface area (Å²) in [5.41, 5.74) is -0.954. The van der Waals surface area contributed by atoms with Crippen LogP contribution in [0.5, 0.6) is 0 Å². The van der Waals surface area contributed by atoms with Crippen molar-refractivity contribution in [2.24, 2.45) is 0 Å². The molecule has 0 aliphatic carbocycles. The third kappa shape index (κ3) is 3.62. The lowest BCUT2D eigenvalue weighted by atomic mass is 10.2. The fourth-order valence-electron chi connectivity index (χ4n) is 1.71. The summed E-state index contributed by atoms with van der Waals surface area (Å²) in [6, 6.07) is 1.61. The van der Waals surface area contributed by atoms with Gasteiger partial charge in [0.2, 0.25) is 0 Å². The SMILES string of the molecule is COC(=O)CCCN(C)c1c([N+](=O)[O-])ccc(F)c1F. The van der Waals surface area contributed by atoms with Crippen LogP contribution < -0.4 is 4.90 Å². The second-order valence-electron chi connectivity index (χ2n) is 4.09. The molecule has 1 rings (SSSR count). The summed E-state index contributed by atoms with van der Waals surface area (Å²) in [6.07, 6.45) is 0.391. The molecule has 0 fully saturated rings. The molecule has 0 aromatic heterocycles. The van der Waals surface area contributed by atoms with Gasteiger partial charge >= 0.3 is 5.97 Å². The maximum absolute atomic E-state index is 13.7. The number of halogens is 2. The van der Waals surface area contributed by atoms with Crippen LogP contribution in [0, 0.1) is 21.7 Å². The average Bonchev–Trinajstić information content (AvgIpc) is 2.40. The van der Waals surface area contributed by atoms with Crippen LogP contribution in [0.25, 0.3) is 0 Å². The van der Waals surface area contributed by atoms with Crippen molar-refractivity contribution >= 4 is 17.3 Å². The first kappa shape index (κ1) is 15.8. The lowest BCUT2D eigenvalue weighted by molar-refractivity contribution is -0.384. The minimum Gasteiger partial charge on any atom is -0.469 e. The van der Waals surface area contributed by atoms with E-state index in [1.54, 1.807) is 0 Å². The lowest BCUT2D eigenvalue weighted by Crippen LogP contribution is -2.22. The van der Waals surface area contributed by atoms with Crippen LogP contribution in [0.15, 0.2) is 12.1 Å². The van der Waals surface area contributed by atoms with Crippen LogP contribution >= 0.6 is 0 Å². The van der Waals surface area contributed by atoms with E-state index in [1.807, 2.05) is 0 Å². The summed E-state index contributed by atoms with van der Waals surface area (Å²) < 4.78 is 31.3. The van der Waals surface area contributed by atoms with E-state index < -0.39 is 33.9 Å². The lowest BCUT2D eigenvalue weighted by Gasteiger charge is -2.19. The number of hydrogen-bond donors (Lipinski definition) is 0. The molecule has 0 N–H and O–H groups in total. The van der Waals surface area contributed by atoms with Crippen molar-refractivity contribution in [1.29, 1.82) is 0 Å². The highest BCUT2D eigenvalue weighted by Crippen LogP contribution is 2.31. The fourth-order valence-corrected chi connectivity index (χ4v) is 1.71. The molecule has 0 spiro atoms. The molecular weight excluding hydrogens is 274 g/mol. The van der Waals surface area contributed by atoms with Gasteiger partial charge in [0.25, 0.3) is 5.69 Å². The molecule has 0 heterocycles. The van der Waals surface area contributed by atoms with Gasteiger partial charge < -0.3 is 9.64 Å². The van der Waals surface area contributed by atoms with Crippen molar-refractivity contribution in [3.05, 3.63) is 33.9 Å². The maximum atomic E-state index is 13.7. The van der Waals surface area contributed by atoms with E-state index in [0.29, 0.717) is 12.5 Å². The van der Waals surface area contributed by atoms with Crippen molar-refractivity contribution < 1.29 is 23.2 Å². The van der Waals surface area contributed by atoms with Gasteiger partial charge in [-0.2, -0.15) is 0 Å². The largest absolute Gasteiger partial charge is 0.469 e. The van der Waals surface area contributed by atoms with Gasteiger partial charge in [0, 0.05) is 26.1 Å². The zero-order valence-electron chi connectivity index (χ0n) is 11.1. The van der Waals surface area contributed by atoms with Gasteiger partial charge in [-0.15, -0.1) is 0 Å². The van der Waals surface area contributed by atoms with E-state index in [9.17, 15) is 23.7 Å². The van der Waals surface area contributed by atoms with Crippen LogP contribution in [0.3, 0.4) is 0 Å². The molecule has 0 saturated carbocycles. The highest BCUT2D eigenvalue weighted by atomic mass is 19.2. The summed E-state index contributed by atoms with van der Waals surface area (Å²) in [5, 5.41) is 10.8. The molecule has 1 aromatic rings. The number of ether oxygens (including phenoxy) is 1. The molecule has 0 amide bonds. The summed E-state index contributed by atoms with van der Waals surface area (Å²) >= 11 is 0. The van der Waals surface area contributed by atoms with Crippen LogP contribution in [-0.4, -0.2) is 31.6 Å². The summed E-state index contributed by atoms with van der Waals surface area (Å²) in [5.74, 6) is -2.88. The number of nitrogens with zero attached hydrogens (tertiary/aromatic N) is 2. The quantitative estimate of drug-likeness (QED) is 0.456. The second kappa shape index (κ2) is 6.78. The van der Waals surface area contributed by atoms with Gasteiger partial charge in [-0.05, 0) is 12.5 Å². The maximum Gasteiger partial charge on any atom is 0.305 e. The monoisotopic (exact) mass is 288 g/mol. The van der Waals surface area contributed by atoms with Crippen molar-refractivity contribution in [2.75, 3.05) is 25.6 Å². The van der Waals surface area contributed by atoms with E-state index >= 15 is 0 Å². The zero-order valence-corrected chi connectivity index (χ0v) is 11.1. The number of carbonyl (C=O) groups is 1. The fraction of sp³-hybridized carbons (Fsp3) is 0.417. The van der Waals surface area contributed by atoms with Crippen LogP contribution in [0.1, 0.15) is 12.8 Å². The van der Waals surface area contributed by atoms with Crippen molar-refractivity contribution in [3.63, 3.8) is 0 Å². The van der Waals surface area contributed by atoms with E-state index in [1.165, 1.54) is 19.1 Å². The van der Waals surface area contributed by atoms with Gasteiger partial charge in [-0.1, -0.05) is 0 Å². The molecule has 6 nitrogen and oxygen atoms in total. The predicted octanol–water partition coefficient (Wildman–Crippen LogP) is 2.26. The molecule has 0 saturated heterocycles. The molecule has 110 valence electrons. The van der Waals surface area contributed by atoms with E-state index in [4.69, 9.17) is 0 Å². The summed E-state index contributed by atoms with van der Waals surface area (Å²) in [4.78, 5) is 22.2. The number of carbonyl (C=O) groups excluding carboxylic acids is 1. The Bertz CT molecular complexity index is 522. The number of hydrogen-bond acceptors (Lipinski definition) is 5. The van der Waals surface area contributed by atoms with Crippen LogP contribution in [-0.2, 0) is 9.53 Å². The Morgan fingerprint density at radius 2 is 2.10 bits per heavy atom. The first-order chi connectivity index (χ1) is 9.38. The number of methoxy groups -OCH3 is 1. The third-order valence-corrected chi connectivity index (χ3v) is 2.73. The van der Waals surface area contributed by atoms with E-state index in [2.05, 4.69) is 4.74 Å². The predicted molar refractivity (Wildman–Crippen MR) is 67.5 cm³/mol. The number of benzene rings is 1. The summed E-state index contributed by atoms with van der Waals surface area (Å²) in [7, 11) is 2.63. The van der Waals surface area contributed by atoms with Gasteiger partial charge in [-0.25, -0.2) is 8.78 Å². The zero-order chi connectivity index (χ0) is 15.3. The molecule has 0 atom stereocenters. The first-order valence-electron chi connectivity index (χ1n) is 5.78. The van der Waals surface area contributed by atoms with Crippen LogP contribution in [0.4, 0.5) is 20.2 Å². The number of nitro benzene ring substituents is 1. The Morgan fingerprint density at radius 3 is 2.65 bits per heavy atom. The van der Waals surface area contributed by atoms with Crippen molar-refractivity contribution in [3.8, 4) is 0 Å². The Morgan fingerprint density at radius 1 is 1.45 bits per heavy atom. The van der Waals surface area contributed by atoms with Gasteiger partial charge in [0.05, 0.1) is 12.0 Å². The molecule has 0 aliphatic heterocycles.